The van der Waals surface area contributed by atoms with E-state index in [4.69, 9.17) is 15.7 Å². The number of alkyl halides is 3. The average molecular weight is 305 g/mol. The van der Waals surface area contributed by atoms with Crippen LogP contribution in [0.15, 0.2) is 23.4 Å². The first kappa shape index (κ1) is 17.1. The first-order valence-corrected chi connectivity index (χ1v) is 6.22. The van der Waals surface area contributed by atoms with Crippen LogP contribution in [0, 0.1) is 0 Å². The highest BCUT2D eigenvalue weighted by Crippen LogP contribution is 2.33. The number of ether oxygens (including phenoxy) is 1. The van der Waals surface area contributed by atoms with Gasteiger partial charge < -0.3 is 20.6 Å². The highest BCUT2D eigenvalue weighted by Gasteiger charge is 2.34. The fourth-order valence-corrected chi connectivity index (χ4v) is 1.70. The molecule has 1 aromatic rings. The van der Waals surface area contributed by atoms with Crippen LogP contribution in [0.5, 0.6) is 5.75 Å². The minimum atomic E-state index is -4.59. The Morgan fingerprint density at radius 2 is 2.05 bits per heavy atom. The molecule has 21 heavy (non-hydrogen) atoms. The van der Waals surface area contributed by atoms with Crippen molar-refractivity contribution < 1.29 is 23.1 Å². The summed E-state index contributed by atoms with van der Waals surface area (Å²) in [6, 6.07) is 3.19. The van der Waals surface area contributed by atoms with E-state index in [1.54, 1.807) is 0 Å². The summed E-state index contributed by atoms with van der Waals surface area (Å²) in [5, 5.41) is 11.2. The molecule has 3 N–H and O–H groups in total. The van der Waals surface area contributed by atoms with Gasteiger partial charge in [0.05, 0.1) is 12.2 Å². The monoisotopic (exact) mass is 305 g/mol. The molecule has 0 amide bonds. The van der Waals surface area contributed by atoms with Crippen LogP contribution in [0.3, 0.4) is 0 Å². The molecule has 0 radical (unpaired) electrons. The van der Waals surface area contributed by atoms with Crippen molar-refractivity contribution >= 4 is 5.84 Å². The topological polar surface area (TPSA) is 71.1 Å². The number of nitrogens with two attached hydrogens (primary N) is 1. The number of hydrogen-bond donors (Lipinski definition) is 2. The molecule has 0 unspecified atom stereocenters. The van der Waals surface area contributed by atoms with Crippen LogP contribution >= 0.6 is 0 Å². The molecular formula is C13H18F3N3O2. The van der Waals surface area contributed by atoms with E-state index >= 15 is 0 Å². The van der Waals surface area contributed by atoms with Crippen molar-refractivity contribution in [2.45, 2.75) is 12.6 Å². The molecule has 0 bridgehead atoms. The van der Waals surface area contributed by atoms with Gasteiger partial charge in [0.2, 0.25) is 0 Å². The van der Waals surface area contributed by atoms with Gasteiger partial charge in [0, 0.05) is 12.1 Å². The summed E-state index contributed by atoms with van der Waals surface area (Å²) in [4.78, 5) is 1.97. The van der Waals surface area contributed by atoms with Crippen molar-refractivity contribution in [3.8, 4) is 5.75 Å². The SMILES string of the molecule is CN(C)CCCOc1ccc(C(F)(F)F)c(/C(N)=N/O)c1. The molecule has 0 saturated carbocycles. The van der Waals surface area contributed by atoms with Crippen molar-refractivity contribution in [3.63, 3.8) is 0 Å². The zero-order valence-corrected chi connectivity index (χ0v) is 11.8. The lowest BCUT2D eigenvalue weighted by molar-refractivity contribution is -0.137. The van der Waals surface area contributed by atoms with Gasteiger partial charge in [-0.2, -0.15) is 13.2 Å². The van der Waals surface area contributed by atoms with Crippen LogP contribution in [-0.2, 0) is 6.18 Å². The number of benzene rings is 1. The second kappa shape index (κ2) is 7.16. The van der Waals surface area contributed by atoms with E-state index in [9.17, 15) is 13.2 Å². The van der Waals surface area contributed by atoms with Crippen LogP contribution in [0.25, 0.3) is 0 Å². The molecule has 118 valence electrons. The summed E-state index contributed by atoms with van der Waals surface area (Å²) in [5.74, 6) is -0.371. The molecule has 0 spiro atoms. The van der Waals surface area contributed by atoms with Gasteiger partial charge in [0.15, 0.2) is 5.84 Å². The quantitative estimate of drug-likeness (QED) is 0.278. The Morgan fingerprint density at radius 3 is 2.57 bits per heavy atom. The highest BCUT2D eigenvalue weighted by atomic mass is 19.4. The van der Waals surface area contributed by atoms with Crippen molar-refractivity contribution in [2.24, 2.45) is 10.9 Å². The summed E-state index contributed by atoms with van der Waals surface area (Å²) in [7, 11) is 3.82. The van der Waals surface area contributed by atoms with Crippen molar-refractivity contribution in [3.05, 3.63) is 29.3 Å². The first-order valence-electron chi connectivity index (χ1n) is 6.22. The maximum Gasteiger partial charge on any atom is 0.417 e. The third-order valence-electron chi connectivity index (χ3n) is 2.70. The van der Waals surface area contributed by atoms with E-state index in [2.05, 4.69) is 5.16 Å². The van der Waals surface area contributed by atoms with Gasteiger partial charge in [-0.25, -0.2) is 0 Å². The Morgan fingerprint density at radius 1 is 1.38 bits per heavy atom. The summed E-state index contributed by atoms with van der Waals surface area (Å²) < 4.78 is 43.9. The number of nitrogens with zero attached hydrogens (tertiary/aromatic N) is 2. The van der Waals surface area contributed by atoms with E-state index in [0.717, 1.165) is 25.1 Å². The number of oxime groups is 1. The van der Waals surface area contributed by atoms with Gasteiger partial charge >= 0.3 is 6.18 Å². The normalized spacial score (nSPS) is 12.8. The lowest BCUT2D eigenvalue weighted by atomic mass is 10.1. The Labute approximate surface area is 120 Å². The summed E-state index contributed by atoms with van der Waals surface area (Å²) in [6.07, 6.45) is -3.86. The van der Waals surface area contributed by atoms with Crippen molar-refractivity contribution in [2.75, 3.05) is 27.2 Å². The Bertz CT molecular complexity index is 502. The van der Waals surface area contributed by atoms with Gasteiger partial charge in [-0.05, 0) is 38.7 Å². The van der Waals surface area contributed by atoms with Crippen LogP contribution in [-0.4, -0.2) is 43.2 Å². The molecule has 0 aromatic heterocycles. The van der Waals surface area contributed by atoms with Gasteiger partial charge in [0.1, 0.15) is 5.75 Å². The van der Waals surface area contributed by atoms with E-state index in [0.29, 0.717) is 6.61 Å². The van der Waals surface area contributed by atoms with E-state index in [-0.39, 0.29) is 5.75 Å². The smallest absolute Gasteiger partial charge is 0.417 e. The summed E-state index contributed by atoms with van der Waals surface area (Å²) >= 11 is 0. The van der Waals surface area contributed by atoms with Gasteiger partial charge in [-0.3, -0.25) is 0 Å². The molecule has 8 heteroatoms. The maximum atomic E-state index is 12.8. The summed E-state index contributed by atoms with van der Waals surface area (Å²) in [6.45, 7) is 1.16. The largest absolute Gasteiger partial charge is 0.494 e. The fraction of sp³-hybridized carbons (Fsp3) is 0.462. The zero-order chi connectivity index (χ0) is 16.0. The van der Waals surface area contributed by atoms with Crippen LogP contribution in [0.4, 0.5) is 13.2 Å². The predicted octanol–water partition coefficient (Wildman–Crippen LogP) is 2.13. The molecule has 1 aromatic carbocycles. The molecular weight excluding hydrogens is 287 g/mol. The first-order chi connectivity index (χ1) is 9.75. The molecule has 0 saturated heterocycles. The highest BCUT2D eigenvalue weighted by molar-refractivity contribution is 5.99. The molecule has 1 rings (SSSR count). The Balaban J connectivity index is 2.90. The molecule has 5 nitrogen and oxygen atoms in total. The zero-order valence-electron chi connectivity index (χ0n) is 11.8. The van der Waals surface area contributed by atoms with Crippen molar-refractivity contribution in [1.82, 2.24) is 4.90 Å². The second-order valence-electron chi connectivity index (χ2n) is 4.70. The van der Waals surface area contributed by atoms with Crippen molar-refractivity contribution in [1.29, 1.82) is 0 Å². The minimum absolute atomic E-state index is 0.239. The van der Waals surface area contributed by atoms with Gasteiger partial charge in [0.25, 0.3) is 0 Å². The maximum absolute atomic E-state index is 12.8. The van der Waals surface area contributed by atoms with E-state index in [1.165, 1.54) is 6.07 Å². The third-order valence-corrected chi connectivity index (χ3v) is 2.70. The molecule has 0 aliphatic heterocycles. The average Bonchev–Trinajstić information content (AvgIpc) is 2.41. The van der Waals surface area contributed by atoms with Crippen LogP contribution in [0.1, 0.15) is 17.5 Å². The standard InChI is InChI=1S/C13H18F3N3O2/c1-19(2)6-3-7-21-9-4-5-11(13(14,15)16)10(8-9)12(17)18-20/h4-5,8,20H,3,6-7H2,1-2H3,(H2,17,18). The van der Waals surface area contributed by atoms with Gasteiger partial charge in [-0.1, -0.05) is 5.16 Å². The number of rotatable bonds is 6. The molecule has 0 fully saturated rings. The molecule has 0 aliphatic rings. The molecule has 0 atom stereocenters. The number of hydrogen-bond acceptors (Lipinski definition) is 4. The third kappa shape index (κ3) is 5.14. The number of amidine groups is 1. The Hall–Kier alpha value is -1.96. The number of halogens is 3. The fourth-order valence-electron chi connectivity index (χ4n) is 1.70. The predicted molar refractivity (Wildman–Crippen MR) is 72.6 cm³/mol. The molecule has 0 aliphatic carbocycles. The lowest BCUT2D eigenvalue weighted by Crippen LogP contribution is -2.20. The lowest BCUT2D eigenvalue weighted by Gasteiger charge is -2.14. The van der Waals surface area contributed by atoms with Crippen LogP contribution in [0.2, 0.25) is 0 Å². The second-order valence-corrected chi connectivity index (χ2v) is 4.70. The molecule has 0 heterocycles. The van der Waals surface area contributed by atoms with E-state index < -0.39 is 23.1 Å². The Kier molecular flexibility index (Phi) is 5.83. The van der Waals surface area contributed by atoms with Crippen LogP contribution < -0.4 is 10.5 Å². The van der Waals surface area contributed by atoms with E-state index in [1.807, 2.05) is 19.0 Å². The minimum Gasteiger partial charge on any atom is -0.494 e. The summed E-state index contributed by atoms with van der Waals surface area (Å²) in [5.41, 5.74) is 3.91. The van der Waals surface area contributed by atoms with Gasteiger partial charge in [-0.15, -0.1) is 0 Å².